The largest absolute Gasteiger partial charge is 0.458 e. The van der Waals surface area contributed by atoms with Crippen molar-refractivity contribution in [3.63, 3.8) is 0 Å². The van der Waals surface area contributed by atoms with Gasteiger partial charge < -0.3 is 13.9 Å². The van der Waals surface area contributed by atoms with Gasteiger partial charge in [-0.3, -0.25) is 0 Å². The number of aromatic nitrogens is 2. The molecule has 3 nitrogen and oxygen atoms in total. The number of nitrogens with zero attached hydrogens (tertiary/aromatic N) is 2. The Labute approximate surface area is 335 Å². The van der Waals surface area contributed by atoms with E-state index in [1.165, 1.54) is 99.1 Å². The van der Waals surface area contributed by atoms with E-state index >= 15 is 0 Å². The average molecular weight is 737 g/mol. The first-order chi connectivity index (χ1) is 28.8. The fourth-order valence-corrected chi connectivity index (χ4v) is 10.2. The average Bonchev–Trinajstić information content (AvgIpc) is 3.83. The zero-order valence-electron chi connectivity index (χ0n) is 31.4. The lowest BCUT2D eigenvalue weighted by molar-refractivity contribution is 0.488. The van der Waals surface area contributed by atoms with Gasteiger partial charge in [0.2, 0.25) is 0 Å². The maximum atomic E-state index is 7.21. The predicted molar refractivity (Wildman–Crippen MR) is 243 cm³/mol. The lowest BCUT2D eigenvalue weighted by Gasteiger charge is -2.33. The van der Waals surface area contributed by atoms with Gasteiger partial charge in [0, 0.05) is 44.4 Å². The molecule has 2 aliphatic rings. The van der Waals surface area contributed by atoms with E-state index in [0.717, 1.165) is 17.2 Å². The lowest BCUT2D eigenvalue weighted by Crippen LogP contribution is -2.58. The van der Waals surface area contributed by atoms with Crippen molar-refractivity contribution in [3.05, 3.63) is 200 Å². The molecule has 0 saturated carbocycles. The van der Waals surface area contributed by atoms with Crippen LogP contribution in [0.2, 0.25) is 0 Å². The van der Waals surface area contributed by atoms with Crippen LogP contribution >= 0.6 is 0 Å². The zero-order chi connectivity index (χ0) is 37.9. The minimum Gasteiger partial charge on any atom is -0.458 e. The molecular formula is C54H33BN2O. The molecule has 0 unspecified atom stereocenters. The second-order valence-electron chi connectivity index (χ2n) is 15.6. The van der Waals surface area contributed by atoms with Crippen LogP contribution in [-0.4, -0.2) is 15.8 Å². The molecule has 2 aliphatic heterocycles. The van der Waals surface area contributed by atoms with E-state index in [-0.39, 0.29) is 6.71 Å². The summed E-state index contributed by atoms with van der Waals surface area (Å²) in [6, 6.07) is 72.9. The predicted octanol–water partition coefficient (Wildman–Crippen LogP) is 11.8. The van der Waals surface area contributed by atoms with Crippen molar-refractivity contribution in [2.24, 2.45) is 0 Å². The van der Waals surface area contributed by atoms with Gasteiger partial charge in [-0.15, -0.1) is 0 Å². The van der Waals surface area contributed by atoms with Crippen molar-refractivity contribution < 1.29 is 4.74 Å². The Hall–Kier alpha value is -7.56. The maximum Gasteiger partial charge on any atom is 0.256 e. The third-order valence-electron chi connectivity index (χ3n) is 12.6. The molecule has 0 amide bonds. The highest BCUT2D eigenvalue weighted by atomic mass is 16.5. The highest BCUT2D eigenvalue weighted by Gasteiger charge is 2.42. The second kappa shape index (κ2) is 12.0. The van der Waals surface area contributed by atoms with Crippen LogP contribution in [0.4, 0.5) is 0 Å². The molecule has 268 valence electrons. The number of hydrogen-bond donors (Lipinski definition) is 0. The summed E-state index contributed by atoms with van der Waals surface area (Å²) in [5, 5.41) is 4.89. The van der Waals surface area contributed by atoms with Crippen LogP contribution in [0.1, 0.15) is 0 Å². The fraction of sp³-hybridized carbons (Fsp3) is 0. The summed E-state index contributed by atoms with van der Waals surface area (Å²) in [7, 11) is 0. The molecule has 0 N–H and O–H groups in total. The molecule has 4 heterocycles. The quantitative estimate of drug-likeness (QED) is 0.165. The Bertz CT molecular complexity index is 3380. The molecule has 0 bridgehead atoms. The number of benzene rings is 9. The van der Waals surface area contributed by atoms with Gasteiger partial charge in [0.15, 0.2) is 0 Å². The summed E-state index contributed by atoms with van der Waals surface area (Å²) in [4.78, 5) is 0. The van der Waals surface area contributed by atoms with Gasteiger partial charge in [-0.1, -0.05) is 176 Å². The molecule has 11 aromatic rings. The van der Waals surface area contributed by atoms with Crippen molar-refractivity contribution >= 4 is 66.7 Å². The van der Waals surface area contributed by atoms with Crippen LogP contribution in [-0.2, 0) is 0 Å². The highest BCUT2D eigenvalue weighted by molar-refractivity contribution is 6.99. The van der Waals surface area contributed by atoms with Crippen molar-refractivity contribution in [1.29, 1.82) is 0 Å². The normalized spacial score (nSPS) is 12.6. The fourth-order valence-electron chi connectivity index (χ4n) is 10.2. The third kappa shape index (κ3) is 4.29. The summed E-state index contributed by atoms with van der Waals surface area (Å²) >= 11 is 0. The molecule has 0 aliphatic carbocycles. The minimum atomic E-state index is -0.00937. The monoisotopic (exact) mass is 736 g/mol. The third-order valence-corrected chi connectivity index (χ3v) is 12.6. The second-order valence-corrected chi connectivity index (χ2v) is 15.6. The van der Waals surface area contributed by atoms with Crippen LogP contribution in [0.25, 0.3) is 88.4 Å². The molecule has 13 rings (SSSR count). The number of para-hydroxylation sites is 4. The minimum absolute atomic E-state index is 0.00937. The Morgan fingerprint density at radius 3 is 1.64 bits per heavy atom. The van der Waals surface area contributed by atoms with Gasteiger partial charge >= 0.3 is 0 Å². The van der Waals surface area contributed by atoms with Crippen LogP contribution in [0.5, 0.6) is 11.5 Å². The summed E-state index contributed by atoms with van der Waals surface area (Å²) in [6.45, 7) is -0.00937. The van der Waals surface area contributed by atoms with E-state index in [9.17, 15) is 0 Å². The molecule has 0 radical (unpaired) electrons. The van der Waals surface area contributed by atoms with Crippen LogP contribution in [0.3, 0.4) is 0 Å². The van der Waals surface area contributed by atoms with Crippen molar-refractivity contribution in [3.8, 4) is 56.3 Å². The molecule has 4 heteroatoms. The first kappa shape index (κ1) is 31.6. The first-order valence-corrected chi connectivity index (χ1v) is 20.1. The van der Waals surface area contributed by atoms with Crippen LogP contribution in [0, 0.1) is 0 Å². The number of fused-ring (bicyclic) bond motifs is 11. The van der Waals surface area contributed by atoms with Crippen molar-refractivity contribution in [1.82, 2.24) is 9.13 Å². The van der Waals surface area contributed by atoms with Crippen LogP contribution < -0.4 is 21.1 Å². The summed E-state index contributed by atoms with van der Waals surface area (Å²) in [5.41, 5.74) is 17.9. The van der Waals surface area contributed by atoms with Crippen molar-refractivity contribution in [2.75, 3.05) is 0 Å². The molecule has 0 atom stereocenters. The molecule has 0 fully saturated rings. The molecule has 58 heavy (non-hydrogen) atoms. The molecule has 0 spiro atoms. The molecule has 2 aromatic heterocycles. The van der Waals surface area contributed by atoms with Crippen molar-refractivity contribution in [2.45, 2.75) is 0 Å². The Kier molecular flexibility index (Phi) is 6.53. The van der Waals surface area contributed by atoms with Gasteiger partial charge in [-0.2, -0.15) is 0 Å². The van der Waals surface area contributed by atoms with E-state index in [2.05, 4.69) is 209 Å². The first-order valence-electron chi connectivity index (χ1n) is 20.1. The Morgan fingerprint density at radius 1 is 0.362 bits per heavy atom. The van der Waals surface area contributed by atoms with E-state index < -0.39 is 0 Å². The standard InChI is InChI=1S/C54H33BN2O/c1-4-16-34(17-5-1)37-30-31-48-44(32-37)55-43-27-11-13-29-46(43)56-45-28-12-10-22-42(45)50-47(33-49(58-48)51(55)54(50)56)57-52-38(35-18-6-2-7-19-35)23-14-25-40(52)41-26-15-24-39(53(41)57)36-20-8-3-9-21-36/h1-33H. The van der Waals surface area contributed by atoms with Gasteiger partial charge in [-0.05, 0) is 56.8 Å². The topological polar surface area (TPSA) is 19.1 Å². The number of rotatable bonds is 4. The highest BCUT2D eigenvalue weighted by Crippen LogP contribution is 2.47. The smallest absolute Gasteiger partial charge is 0.256 e. The maximum absolute atomic E-state index is 7.21. The van der Waals surface area contributed by atoms with Gasteiger partial charge in [0.1, 0.15) is 11.5 Å². The van der Waals surface area contributed by atoms with E-state index in [4.69, 9.17) is 4.74 Å². The van der Waals surface area contributed by atoms with E-state index in [1.807, 2.05) is 0 Å². The Morgan fingerprint density at radius 2 is 0.948 bits per heavy atom. The molecule has 0 saturated heterocycles. The summed E-state index contributed by atoms with van der Waals surface area (Å²) in [5.74, 6) is 1.80. The lowest BCUT2D eigenvalue weighted by atomic mass is 9.34. The SMILES string of the molecule is c1ccc(-c2ccc3c(c2)B2c4ccccc4-n4c5ccccc5c5c(-n6c7c(-c8ccccc8)cccc7c7cccc(-c8ccccc8)c76)cc(c2c54)O3)cc1. The van der Waals surface area contributed by atoms with E-state index in [1.54, 1.807) is 0 Å². The number of ether oxygens (including phenoxy) is 1. The van der Waals surface area contributed by atoms with E-state index in [0.29, 0.717) is 0 Å². The van der Waals surface area contributed by atoms with Gasteiger partial charge in [0.05, 0.1) is 27.8 Å². The van der Waals surface area contributed by atoms with Crippen LogP contribution in [0.15, 0.2) is 200 Å². The molecular weight excluding hydrogens is 703 g/mol. The Balaban J connectivity index is 1.22. The zero-order valence-corrected chi connectivity index (χ0v) is 31.4. The summed E-state index contributed by atoms with van der Waals surface area (Å²) in [6.07, 6.45) is 0. The number of hydrogen-bond acceptors (Lipinski definition) is 1. The molecule has 9 aromatic carbocycles. The van der Waals surface area contributed by atoms with Gasteiger partial charge in [0.25, 0.3) is 6.71 Å². The van der Waals surface area contributed by atoms with Gasteiger partial charge in [-0.25, -0.2) is 0 Å². The summed E-state index contributed by atoms with van der Waals surface area (Å²) < 4.78 is 12.3.